The van der Waals surface area contributed by atoms with Gasteiger partial charge in [0.05, 0.1) is 12.0 Å². The van der Waals surface area contributed by atoms with Crippen LogP contribution >= 0.6 is 0 Å². The zero-order valence-corrected chi connectivity index (χ0v) is 13.4. The lowest BCUT2D eigenvalue weighted by Gasteiger charge is -2.07. The van der Waals surface area contributed by atoms with Gasteiger partial charge in [-0.05, 0) is 42.5 Å². The molecule has 0 atom stereocenters. The molecule has 0 aliphatic rings. The molecule has 0 saturated carbocycles. The average Bonchev–Trinajstić information content (AvgIpc) is 2.52. The SMILES string of the molecule is COc1ccc(C(=O)COc2ccc(S(C)(=O)=O)cc2)cc1F. The molecule has 0 aliphatic heterocycles. The van der Waals surface area contributed by atoms with Crippen LogP contribution in [-0.4, -0.2) is 34.2 Å². The predicted molar refractivity (Wildman–Crippen MR) is 82.3 cm³/mol. The average molecular weight is 338 g/mol. The zero-order chi connectivity index (χ0) is 17.0. The topological polar surface area (TPSA) is 69.7 Å². The molecule has 0 unspecified atom stereocenters. The molecule has 7 heteroatoms. The zero-order valence-electron chi connectivity index (χ0n) is 12.6. The van der Waals surface area contributed by atoms with Gasteiger partial charge < -0.3 is 9.47 Å². The summed E-state index contributed by atoms with van der Waals surface area (Å²) in [6, 6.07) is 9.59. The highest BCUT2D eigenvalue weighted by atomic mass is 32.2. The molecule has 0 spiro atoms. The molecule has 0 radical (unpaired) electrons. The third-order valence-electron chi connectivity index (χ3n) is 3.10. The van der Waals surface area contributed by atoms with Gasteiger partial charge >= 0.3 is 0 Å². The van der Waals surface area contributed by atoms with Crippen LogP contribution in [-0.2, 0) is 9.84 Å². The standard InChI is InChI=1S/C16H15FO5S/c1-21-16-8-3-11(9-14(16)17)15(18)10-22-12-4-6-13(7-5-12)23(2,19)20/h3-9H,10H2,1-2H3. The van der Waals surface area contributed by atoms with Gasteiger partial charge in [-0.2, -0.15) is 0 Å². The van der Waals surface area contributed by atoms with Gasteiger partial charge in [-0.25, -0.2) is 12.8 Å². The molecule has 0 aromatic heterocycles. The minimum absolute atomic E-state index is 0.0545. The smallest absolute Gasteiger partial charge is 0.200 e. The largest absolute Gasteiger partial charge is 0.494 e. The summed E-state index contributed by atoms with van der Waals surface area (Å²) in [7, 11) is -1.94. The van der Waals surface area contributed by atoms with Crippen LogP contribution in [0.15, 0.2) is 47.4 Å². The third-order valence-corrected chi connectivity index (χ3v) is 4.22. The van der Waals surface area contributed by atoms with Crippen LogP contribution in [0.5, 0.6) is 11.5 Å². The van der Waals surface area contributed by atoms with Crippen LogP contribution in [0.4, 0.5) is 4.39 Å². The summed E-state index contributed by atoms with van der Waals surface area (Å²) in [5, 5.41) is 0. The van der Waals surface area contributed by atoms with Gasteiger partial charge in [-0.15, -0.1) is 0 Å². The molecule has 2 rings (SSSR count). The summed E-state index contributed by atoms with van der Waals surface area (Å²) in [6.45, 7) is -0.288. The fourth-order valence-electron chi connectivity index (χ4n) is 1.86. The number of carbonyl (C=O) groups excluding carboxylic acids is 1. The van der Waals surface area contributed by atoms with Crippen molar-refractivity contribution in [3.63, 3.8) is 0 Å². The van der Waals surface area contributed by atoms with E-state index >= 15 is 0 Å². The van der Waals surface area contributed by atoms with Crippen molar-refractivity contribution in [2.45, 2.75) is 4.90 Å². The number of rotatable bonds is 6. The van der Waals surface area contributed by atoms with Gasteiger partial charge in [0.1, 0.15) is 5.75 Å². The lowest BCUT2D eigenvalue weighted by atomic mass is 10.1. The van der Waals surface area contributed by atoms with Crippen LogP contribution in [0.25, 0.3) is 0 Å². The van der Waals surface area contributed by atoms with Crippen LogP contribution in [0, 0.1) is 5.82 Å². The summed E-state index contributed by atoms with van der Waals surface area (Å²) >= 11 is 0. The number of carbonyl (C=O) groups is 1. The maximum atomic E-state index is 13.6. The van der Waals surface area contributed by atoms with E-state index in [1.54, 1.807) is 0 Å². The monoisotopic (exact) mass is 338 g/mol. The summed E-state index contributed by atoms with van der Waals surface area (Å²) in [5.74, 6) is -0.631. The van der Waals surface area contributed by atoms with E-state index in [2.05, 4.69) is 0 Å². The van der Waals surface area contributed by atoms with Crippen LogP contribution in [0.2, 0.25) is 0 Å². The molecular formula is C16H15FO5S. The molecule has 0 fully saturated rings. The molecule has 0 amide bonds. The van der Waals surface area contributed by atoms with E-state index in [-0.39, 0.29) is 22.8 Å². The number of benzene rings is 2. The second-order valence-corrected chi connectivity index (χ2v) is 6.82. The van der Waals surface area contributed by atoms with E-state index in [1.165, 1.54) is 43.5 Å². The second kappa shape index (κ2) is 6.78. The van der Waals surface area contributed by atoms with E-state index in [0.717, 1.165) is 12.3 Å². The third kappa shape index (κ3) is 4.29. The first-order chi connectivity index (χ1) is 10.8. The van der Waals surface area contributed by atoms with Crippen molar-refractivity contribution in [1.82, 2.24) is 0 Å². The molecule has 23 heavy (non-hydrogen) atoms. The first-order valence-electron chi connectivity index (χ1n) is 6.61. The second-order valence-electron chi connectivity index (χ2n) is 4.80. The van der Waals surface area contributed by atoms with Gasteiger partial charge in [-0.3, -0.25) is 4.79 Å². The first-order valence-corrected chi connectivity index (χ1v) is 8.50. The Morgan fingerprint density at radius 2 is 1.78 bits per heavy atom. The Balaban J connectivity index is 2.03. The Morgan fingerprint density at radius 3 is 2.30 bits per heavy atom. The van der Waals surface area contributed by atoms with Gasteiger partial charge in [0.2, 0.25) is 0 Å². The number of sulfone groups is 1. The molecule has 122 valence electrons. The molecule has 2 aromatic carbocycles. The minimum atomic E-state index is -3.28. The van der Waals surface area contributed by atoms with Crippen LogP contribution in [0.1, 0.15) is 10.4 Å². The molecule has 0 aliphatic carbocycles. The highest BCUT2D eigenvalue weighted by molar-refractivity contribution is 7.90. The summed E-state index contributed by atoms with van der Waals surface area (Å²) in [4.78, 5) is 12.1. The number of ketones is 1. The van der Waals surface area contributed by atoms with E-state index in [9.17, 15) is 17.6 Å². The number of halogens is 1. The molecule has 0 N–H and O–H groups in total. The Bertz CT molecular complexity index is 813. The fraction of sp³-hybridized carbons (Fsp3) is 0.188. The summed E-state index contributed by atoms with van der Waals surface area (Å²) < 4.78 is 46.3. The number of hydrogen-bond acceptors (Lipinski definition) is 5. The van der Waals surface area contributed by atoms with E-state index in [4.69, 9.17) is 9.47 Å². The highest BCUT2D eigenvalue weighted by Crippen LogP contribution is 2.19. The normalized spacial score (nSPS) is 11.1. The molecule has 5 nitrogen and oxygen atoms in total. The van der Waals surface area contributed by atoms with Crippen molar-refractivity contribution in [3.8, 4) is 11.5 Å². The van der Waals surface area contributed by atoms with E-state index in [1.807, 2.05) is 0 Å². The lowest BCUT2D eigenvalue weighted by Crippen LogP contribution is -2.12. The molecule has 0 saturated heterocycles. The quantitative estimate of drug-likeness (QED) is 0.757. The highest BCUT2D eigenvalue weighted by Gasteiger charge is 2.12. The molecular weight excluding hydrogens is 323 g/mol. The number of Topliss-reactive ketones (excluding diaryl/α,β-unsaturated/α-hetero) is 1. The van der Waals surface area contributed by atoms with Crippen molar-refractivity contribution in [3.05, 3.63) is 53.8 Å². The van der Waals surface area contributed by atoms with Crippen molar-refractivity contribution >= 4 is 15.6 Å². The van der Waals surface area contributed by atoms with Crippen molar-refractivity contribution < 1.29 is 27.1 Å². The van der Waals surface area contributed by atoms with Gasteiger partial charge in [0.15, 0.2) is 33.8 Å². The Labute approximate surface area is 133 Å². The molecule has 0 bridgehead atoms. The Hall–Kier alpha value is -2.41. The maximum Gasteiger partial charge on any atom is 0.200 e. The van der Waals surface area contributed by atoms with Crippen LogP contribution in [0.3, 0.4) is 0 Å². The van der Waals surface area contributed by atoms with Crippen molar-refractivity contribution in [2.75, 3.05) is 20.0 Å². The fourth-order valence-corrected chi connectivity index (χ4v) is 2.49. The lowest BCUT2D eigenvalue weighted by molar-refractivity contribution is 0.0921. The summed E-state index contributed by atoms with van der Waals surface area (Å²) in [5.41, 5.74) is 0.163. The first kappa shape index (κ1) is 17.0. The van der Waals surface area contributed by atoms with Crippen LogP contribution < -0.4 is 9.47 Å². The minimum Gasteiger partial charge on any atom is -0.494 e. The summed E-state index contributed by atoms with van der Waals surface area (Å²) in [6.07, 6.45) is 1.10. The number of hydrogen-bond donors (Lipinski definition) is 0. The van der Waals surface area contributed by atoms with E-state index < -0.39 is 21.4 Å². The van der Waals surface area contributed by atoms with Crippen molar-refractivity contribution in [1.29, 1.82) is 0 Å². The maximum absolute atomic E-state index is 13.6. The Morgan fingerprint density at radius 1 is 1.13 bits per heavy atom. The van der Waals surface area contributed by atoms with E-state index in [0.29, 0.717) is 5.75 Å². The van der Waals surface area contributed by atoms with Gasteiger partial charge in [-0.1, -0.05) is 0 Å². The van der Waals surface area contributed by atoms with Gasteiger partial charge in [0, 0.05) is 11.8 Å². The molecule has 2 aromatic rings. The van der Waals surface area contributed by atoms with Gasteiger partial charge in [0.25, 0.3) is 0 Å². The predicted octanol–water partition coefficient (Wildman–Crippen LogP) is 2.50. The molecule has 0 heterocycles. The Kier molecular flexibility index (Phi) is 5.00. The number of ether oxygens (including phenoxy) is 2. The number of methoxy groups -OCH3 is 1. The van der Waals surface area contributed by atoms with Crippen molar-refractivity contribution in [2.24, 2.45) is 0 Å².